The highest BCUT2D eigenvalue weighted by atomic mass is 127. The highest BCUT2D eigenvalue weighted by Crippen LogP contribution is 2.27. The number of ether oxygens (including phenoxy) is 2. The van der Waals surface area contributed by atoms with Crippen LogP contribution in [0.1, 0.15) is 11.1 Å². The molecule has 2 aromatic rings. The monoisotopic (exact) mass is 483 g/mol. The van der Waals surface area contributed by atoms with Crippen LogP contribution in [-0.2, 0) is 13.1 Å². The zero-order valence-corrected chi connectivity index (χ0v) is 17.6. The Hall–Kier alpha value is -2.47. The molecule has 0 aliphatic carbocycles. The lowest BCUT2D eigenvalue weighted by molar-refractivity contribution is 0.330. The van der Waals surface area contributed by atoms with Gasteiger partial charge in [-0.05, 0) is 23.8 Å². The molecule has 5 nitrogen and oxygen atoms in total. The number of rotatable bonds is 7. The van der Waals surface area contributed by atoms with Crippen LogP contribution in [0, 0.1) is 18.2 Å². The van der Waals surface area contributed by atoms with Crippen molar-refractivity contribution in [1.29, 1.82) is 0 Å². The van der Waals surface area contributed by atoms with Crippen molar-refractivity contribution < 1.29 is 13.9 Å². The molecule has 2 rings (SSSR count). The zero-order chi connectivity index (χ0) is 18.8. The molecule has 0 spiro atoms. The molecule has 0 aliphatic rings. The van der Waals surface area contributed by atoms with E-state index in [1.54, 1.807) is 32.4 Å². The van der Waals surface area contributed by atoms with Crippen molar-refractivity contribution in [3.63, 3.8) is 0 Å². The molecule has 7 heteroatoms. The highest BCUT2D eigenvalue weighted by Gasteiger charge is 2.07. The summed E-state index contributed by atoms with van der Waals surface area (Å²) in [6.45, 7) is 1.01. The SMILES string of the molecule is C#CCOc1cc(CNC(=NC)NCc2ccccc2F)ccc1OC.I. The molecule has 0 saturated heterocycles. The first-order valence-corrected chi connectivity index (χ1v) is 8.09. The Morgan fingerprint density at radius 2 is 1.89 bits per heavy atom. The molecule has 0 amide bonds. The minimum absolute atomic E-state index is 0. The number of halogens is 2. The average molecular weight is 483 g/mol. The van der Waals surface area contributed by atoms with E-state index in [0.29, 0.717) is 36.1 Å². The summed E-state index contributed by atoms with van der Waals surface area (Å²) in [6.07, 6.45) is 5.24. The largest absolute Gasteiger partial charge is 0.493 e. The summed E-state index contributed by atoms with van der Waals surface area (Å²) in [5.41, 5.74) is 1.54. The van der Waals surface area contributed by atoms with Gasteiger partial charge in [-0.2, -0.15) is 0 Å². The molecule has 2 aromatic carbocycles. The summed E-state index contributed by atoms with van der Waals surface area (Å²) in [6, 6.07) is 12.2. The van der Waals surface area contributed by atoms with E-state index in [9.17, 15) is 4.39 Å². The first-order valence-electron chi connectivity index (χ1n) is 8.09. The highest BCUT2D eigenvalue weighted by molar-refractivity contribution is 14.0. The Balaban J connectivity index is 0.00000364. The van der Waals surface area contributed by atoms with Crippen molar-refractivity contribution >= 4 is 29.9 Å². The number of nitrogens with one attached hydrogen (secondary N) is 2. The van der Waals surface area contributed by atoms with Gasteiger partial charge in [0.05, 0.1) is 7.11 Å². The van der Waals surface area contributed by atoms with Crippen LogP contribution in [0.2, 0.25) is 0 Å². The van der Waals surface area contributed by atoms with Crippen molar-refractivity contribution in [2.24, 2.45) is 4.99 Å². The second kappa shape index (κ2) is 12.0. The van der Waals surface area contributed by atoms with Crippen LogP contribution in [0.15, 0.2) is 47.5 Å². The molecular weight excluding hydrogens is 460 g/mol. The Labute approximate surface area is 176 Å². The Morgan fingerprint density at radius 3 is 2.56 bits per heavy atom. The molecule has 0 heterocycles. The van der Waals surface area contributed by atoms with Gasteiger partial charge in [-0.1, -0.05) is 30.2 Å². The fourth-order valence-electron chi connectivity index (χ4n) is 2.29. The van der Waals surface area contributed by atoms with Gasteiger partial charge in [0.25, 0.3) is 0 Å². The van der Waals surface area contributed by atoms with Crippen molar-refractivity contribution in [2.45, 2.75) is 13.1 Å². The van der Waals surface area contributed by atoms with E-state index in [1.807, 2.05) is 18.2 Å². The van der Waals surface area contributed by atoms with E-state index in [0.717, 1.165) is 5.56 Å². The second-order valence-corrected chi connectivity index (χ2v) is 5.35. The van der Waals surface area contributed by atoms with E-state index in [1.165, 1.54) is 6.07 Å². The number of nitrogens with zero attached hydrogens (tertiary/aromatic N) is 1. The van der Waals surface area contributed by atoms with E-state index >= 15 is 0 Å². The molecule has 0 fully saturated rings. The molecule has 27 heavy (non-hydrogen) atoms. The van der Waals surface area contributed by atoms with E-state index in [2.05, 4.69) is 21.5 Å². The molecule has 0 bridgehead atoms. The maximum atomic E-state index is 13.7. The lowest BCUT2D eigenvalue weighted by Gasteiger charge is -2.14. The van der Waals surface area contributed by atoms with Gasteiger partial charge in [0, 0.05) is 25.7 Å². The van der Waals surface area contributed by atoms with Crippen LogP contribution >= 0.6 is 24.0 Å². The van der Waals surface area contributed by atoms with Gasteiger partial charge >= 0.3 is 0 Å². The third-order valence-corrected chi connectivity index (χ3v) is 3.63. The third-order valence-electron chi connectivity index (χ3n) is 3.63. The van der Waals surface area contributed by atoms with Crippen molar-refractivity contribution in [3.05, 3.63) is 59.4 Å². The van der Waals surface area contributed by atoms with Gasteiger partial charge in [-0.3, -0.25) is 4.99 Å². The second-order valence-electron chi connectivity index (χ2n) is 5.35. The molecule has 0 unspecified atom stereocenters. The Morgan fingerprint density at radius 1 is 1.15 bits per heavy atom. The fourth-order valence-corrected chi connectivity index (χ4v) is 2.29. The molecule has 2 N–H and O–H groups in total. The van der Waals surface area contributed by atoms with Crippen LogP contribution in [-0.4, -0.2) is 26.7 Å². The average Bonchev–Trinajstić information content (AvgIpc) is 2.67. The van der Waals surface area contributed by atoms with Gasteiger partial charge in [-0.15, -0.1) is 30.4 Å². The van der Waals surface area contributed by atoms with E-state index in [4.69, 9.17) is 15.9 Å². The quantitative estimate of drug-likeness (QED) is 0.275. The Bertz CT molecular complexity index is 806. The van der Waals surface area contributed by atoms with E-state index in [-0.39, 0.29) is 36.4 Å². The predicted octanol–water partition coefficient (Wildman–Crippen LogP) is 3.33. The summed E-state index contributed by atoms with van der Waals surface area (Å²) < 4.78 is 24.4. The molecule has 0 aliphatic heterocycles. The fraction of sp³-hybridized carbons (Fsp3) is 0.250. The van der Waals surface area contributed by atoms with Crippen molar-refractivity contribution in [2.75, 3.05) is 20.8 Å². The molecular formula is C20H23FIN3O2. The van der Waals surface area contributed by atoms with Gasteiger partial charge < -0.3 is 20.1 Å². The number of hydrogen-bond acceptors (Lipinski definition) is 3. The van der Waals surface area contributed by atoms with Crippen LogP contribution in [0.5, 0.6) is 11.5 Å². The summed E-state index contributed by atoms with van der Waals surface area (Å²) >= 11 is 0. The first-order chi connectivity index (χ1) is 12.7. The first kappa shape index (κ1) is 22.6. The third kappa shape index (κ3) is 6.98. The van der Waals surface area contributed by atoms with Gasteiger partial charge in [0.2, 0.25) is 0 Å². The van der Waals surface area contributed by atoms with Crippen LogP contribution in [0.3, 0.4) is 0 Å². The minimum Gasteiger partial charge on any atom is -0.493 e. The van der Waals surface area contributed by atoms with Crippen LogP contribution in [0.25, 0.3) is 0 Å². The Kier molecular flexibility index (Phi) is 10.0. The molecule has 0 saturated carbocycles. The lowest BCUT2D eigenvalue weighted by Crippen LogP contribution is -2.36. The van der Waals surface area contributed by atoms with Gasteiger partial charge in [0.1, 0.15) is 12.4 Å². The summed E-state index contributed by atoms with van der Waals surface area (Å²) in [7, 11) is 3.23. The maximum absolute atomic E-state index is 13.7. The van der Waals surface area contributed by atoms with Gasteiger partial charge in [0.15, 0.2) is 17.5 Å². The normalized spacial score (nSPS) is 10.4. The van der Waals surface area contributed by atoms with Crippen LogP contribution < -0.4 is 20.1 Å². The summed E-state index contributed by atoms with van der Waals surface area (Å²) in [4.78, 5) is 4.14. The number of methoxy groups -OCH3 is 1. The number of aliphatic imine (C=N–C) groups is 1. The van der Waals surface area contributed by atoms with Gasteiger partial charge in [-0.25, -0.2) is 4.39 Å². The summed E-state index contributed by atoms with van der Waals surface area (Å²) in [5, 5.41) is 6.26. The number of benzene rings is 2. The number of guanidine groups is 1. The molecule has 0 aromatic heterocycles. The van der Waals surface area contributed by atoms with Crippen LogP contribution in [0.4, 0.5) is 4.39 Å². The standard InChI is InChI=1S/C20H22FN3O2.HI/c1-4-11-26-19-12-15(9-10-18(19)25-3)13-23-20(22-2)24-14-16-7-5-6-8-17(16)21;/h1,5-10,12H,11,13-14H2,2-3H3,(H2,22,23,24);1H. The summed E-state index contributed by atoms with van der Waals surface area (Å²) in [5.74, 6) is 3.94. The maximum Gasteiger partial charge on any atom is 0.191 e. The number of hydrogen-bond donors (Lipinski definition) is 2. The topological polar surface area (TPSA) is 54.9 Å². The smallest absolute Gasteiger partial charge is 0.191 e. The van der Waals surface area contributed by atoms with Crippen molar-refractivity contribution in [3.8, 4) is 23.8 Å². The zero-order valence-electron chi connectivity index (χ0n) is 15.3. The van der Waals surface area contributed by atoms with E-state index < -0.39 is 0 Å². The molecule has 144 valence electrons. The lowest BCUT2D eigenvalue weighted by atomic mass is 10.2. The van der Waals surface area contributed by atoms with Crippen molar-refractivity contribution in [1.82, 2.24) is 10.6 Å². The predicted molar refractivity (Wildman–Crippen MR) is 116 cm³/mol. The molecule has 0 atom stereocenters. The minimum atomic E-state index is -0.249. The number of terminal acetylenes is 1. The molecule has 0 radical (unpaired) electrons.